The molecule has 0 aliphatic heterocycles. The van der Waals surface area contributed by atoms with Gasteiger partial charge in [0.2, 0.25) is 0 Å². The van der Waals surface area contributed by atoms with Crippen LogP contribution in [0.1, 0.15) is 13.8 Å². The minimum absolute atomic E-state index is 0.745. The van der Waals surface area contributed by atoms with Gasteiger partial charge in [0.15, 0.2) is 0 Å². The predicted octanol–water partition coefficient (Wildman–Crippen LogP) is 2.15. The first-order chi connectivity index (χ1) is 2.81. The van der Waals surface area contributed by atoms with Gasteiger partial charge in [-0.15, -0.1) is 0 Å². The van der Waals surface area contributed by atoms with Crippen LogP contribution in [0.4, 0.5) is 0 Å². The van der Waals surface area contributed by atoms with E-state index in [2.05, 4.69) is 18.3 Å². The van der Waals surface area contributed by atoms with Crippen LogP contribution in [0.25, 0.3) is 0 Å². The third kappa shape index (κ3) is 3.13. The third-order valence-electron chi connectivity index (χ3n) is 1.21. The fraction of sp³-hybridized carbons (Fsp3) is 1.00. The second-order valence-corrected chi connectivity index (χ2v) is 14.6. The van der Waals surface area contributed by atoms with Gasteiger partial charge in [0, 0.05) is 0 Å². The van der Waals surface area contributed by atoms with Crippen molar-refractivity contribution in [2.24, 2.45) is 0 Å². The molecule has 1 heteroatoms. The van der Waals surface area contributed by atoms with Gasteiger partial charge in [-0.3, -0.25) is 0 Å². The molecule has 0 N–H and O–H groups in total. The van der Waals surface area contributed by atoms with Crippen molar-refractivity contribution in [3.63, 3.8) is 0 Å². The second kappa shape index (κ2) is 4.09. The van der Waals surface area contributed by atoms with Crippen molar-refractivity contribution in [3.05, 3.63) is 0 Å². The predicted molar refractivity (Wildman–Crippen MR) is 32.6 cm³/mol. The zero-order chi connectivity index (χ0) is 4.99. The molecule has 1 radical (unpaired) electrons. The Hall–Kier alpha value is 0.922. The van der Waals surface area contributed by atoms with E-state index in [9.17, 15) is 0 Å². The van der Waals surface area contributed by atoms with Crippen molar-refractivity contribution in [2.45, 2.75) is 26.3 Å². The van der Waals surface area contributed by atoms with Crippen LogP contribution in [0.15, 0.2) is 0 Å². The summed E-state index contributed by atoms with van der Waals surface area (Å²) in [5, 5.41) is 0. The molecule has 37 valence electrons. The zero-order valence-corrected chi connectivity index (χ0v) is 8.80. The first-order valence-electron chi connectivity index (χ1n) is 2.62. The summed E-state index contributed by atoms with van der Waals surface area (Å²) in [4.78, 5) is 0. The SMILES string of the molecule is C[CH2][Pb]([CH3])[CH2]C. The second-order valence-electron chi connectivity index (χ2n) is 1.66. The summed E-state index contributed by atoms with van der Waals surface area (Å²) in [5.41, 5.74) is 0. The molecule has 6 heavy (non-hydrogen) atoms. The summed E-state index contributed by atoms with van der Waals surface area (Å²) in [7, 11) is 0. The van der Waals surface area contributed by atoms with Crippen LogP contribution in [0.2, 0.25) is 12.4 Å². The average Bonchev–Trinajstić information content (AvgIpc) is 1.65. The van der Waals surface area contributed by atoms with E-state index in [1.54, 1.807) is 7.96 Å². The topological polar surface area (TPSA) is 0 Å². The van der Waals surface area contributed by atoms with Gasteiger partial charge >= 0.3 is 49.0 Å². The molecular weight excluding hydrogens is 267 g/mol. The quantitative estimate of drug-likeness (QED) is 0.680. The minimum atomic E-state index is -0.745. The van der Waals surface area contributed by atoms with E-state index in [1.807, 2.05) is 0 Å². The van der Waals surface area contributed by atoms with Crippen LogP contribution in [-0.2, 0) is 0 Å². The van der Waals surface area contributed by atoms with Gasteiger partial charge in [-0.05, 0) is 0 Å². The standard InChI is InChI=1S/2C2H5.CH3.Pb/c2*1-2;;/h2*1H2,2H3;1H3;. The molecule has 0 amide bonds. The Morgan fingerprint density at radius 2 is 1.50 bits per heavy atom. The Bertz CT molecular complexity index is 23.1. The van der Waals surface area contributed by atoms with E-state index in [1.165, 1.54) is 0 Å². The average molecular weight is 280 g/mol. The van der Waals surface area contributed by atoms with Crippen molar-refractivity contribution in [3.8, 4) is 0 Å². The molecule has 0 heterocycles. The Kier molecular flexibility index (Phi) is 4.72. The molecule has 0 nitrogen and oxygen atoms in total. The van der Waals surface area contributed by atoms with E-state index in [4.69, 9.17) is 0 Å². The molecule has 0 rings (SSSR count). The van der Waals surface area contributed by atoms with Gasteiger partial charge in [-0.1, -0.05) is 0 Å². The van der Waals surface area contributed by atoms with Crippen molar-refractivity contribution in [1.29, 1.82) is 0 Å². The Morgan fingerprint density at radius 3 is 1.50 bits per heavy atom. The van der Waals surface area contributed by atoms with Gasteiger partial charge in [0.05, 0.1) is 0 Å². The van der Waals surface area contributed by atoms with Crippen LogP contribution >= 0.6 is 0 Å². The van der Waals surface area contributed by atoms with E-state index in [-0.39, 0.29) is 0 Å². The number of hydrogen-bond donors (Lipinski definition) is 0. The molecule has 0 spiro atoms. The Labute approximate surface area is 49.1 Å². The van der Waals surface area contributed by atoms with E-state index in [0.29, 0.717) is 0 Å². The van der Waals surface area contributed by atoms with E-state index in [0.717, 1.165) is 0 Å². The molecule has 0 aromatic rings. The molecule has 0 saturated carbocycles. The first-order valence-corrected chi connectivity index (χ1v) is 12.0. The molecule has 0 saturated heterocycles. The first kappa shape index (κ1) is 6.92. The van der Waals surface area contributed by atoms with Crippen LogP contribution in [0.5, 0.6) is 0 Å². The summed E-state index contributed by atoms with van der Waals surface area (Å²) in [6, 6.07) is 0. The normalized spacial score (nSPS) is 10.0. The van der Waals surface area contributed by atoms with Crippen molar-refractivity contribution < 1.29 is 0 Å². The van der Waals surface area contributed by atoms with E-state index < -0.39 is 22.7 Å². The molecule has 0 fully saturated rings. The zero-order valence-electron chi connectivity index (χ0n) is 4.91. The maximum absolute atomic E-state index is 2.49. The van der Waals surface area contributed by atoms with Gasteiger partial charge in [-0.25, -0.2) is 0 Å². The number of hydrogen-bond acceptors (Lipinski definition) is 0. The molecule has 0 aliphatic carbocycles. The molecule has 0 atom stereocenters. The number of rotatable bonds is 2. The van der Waals surface area contributed by atoms with Gasteiger partial charge in [0.1, 0.15) is 0 Å². The summed E-state index contributed by atoms with van der Waals surface area (Å²) < 4.78 is 5.58. The molecule has 0 aromatic carbocycles. The third-order valence-corrected chi connectivity index (χ3v) is 10.6. The molecule has 0 aliphatic rings. The summed E-state index contributed by atoms with van der Waals surface area (Å²) in [6.45, 7) is 4.65. The summed E-state index contributed by atoms with van der Waals surface area (Å²) in [6.07, 6.45) is 0. The monoisotopic (exact) mass is 281 g/mol. The van der Waals surface area contributed by atoms with Crippen LogP contribution in [0.3, 0.4) is 0 Å². The van der Waals surface area contributed by atoms with Crippen molar-refractivity contribution >= 4 is 22.7 Å². The van der Waals surface area contributed by atoms with Gasteiger partial charge in [0.25, 0.3) is 0 Å². The molecule has 0 bridgehead atoms. The van der Waals surface area contributed by atoms with Crippen LogP contribution in [0, 0.1) is 0 Å². The fourth-order valence-electron chi connectivity index (χ4n) is 0.250. The van der Waals surface area contributed by atoms with Crippen LogP contribution in [-0.4, -0.2) is 22.7 Å². The maximum atomic E-state index is 2.49. The van der Waals surface area contributed by atoms with E-state index >= 15 is 0 Å². The summed E-state index contributed by atoms with van der Waals surface area (Å²) >= 11 is -0.745. The van der Waals surface area contributed by atoms with Crippen molar-refractivity contribution in [2.75, 3.05) is 0 Å². The van der Waals surface area contributed by atoms with Gasteiger partial charge in [-0.2, -0.15) is 0 Å². The Balaban J connectivity index is 2.75. The van der Waals surface area contributed by atoms with Gasteiger partial charge < -0.3 is 0 Å². The van der Waals surface area contributed by atoms with Crippen molar-refractivity contribution in [1.82, 2.24) is 0 Å². The van der Waals surface area contributed by atoms with Crippen LogP contribution < -0.4 is 0 Å². The molecular formula is C5H13Pb. The summed E-state index contributed by atoms with van der Waals surface area (Å²) in [5.74, 6) is 0. The fourth-order valence-corrected chi connectivity index (χ4v) is 2.19. The Morgan fingerprint density at radius 1 is 1.17 bits per heavy atom. The molecule has 0 unspecified atom stereocenters. The molecule has 0 aromatic heterocycles.